The van der Waals surface area contributed by atoms with Crippen LogP contribution in [0, 0.1) is 0 Å². The van der Waals surface area contributed by atoms with E-state index in [4.69, 9.17) is 5.11 Å². The Morgan fingerprint density at radius 1 is 1.40 bits per heavy atom. The number of nitrogens with zero attached hydrogens (tertiary/aromatic N) is 1. The Morgan fingerprint density at radius 3 is 2.73 bits per heavy atom. The third-order valence-electron chi connectivity index (χ3n) is 2.75. The minimum Gasteiger partial charge on any atom is -0.560 e. The second kappa shape index (κ2) is 3.42. The SMILES string of the molecule is CCc1ccc2c(c1)cc(C(=O)[OH2+])n2C. The summed E-state index contributed by atoms with van der Waals surface area (Å²) < 4.78 is 1.77. The van der Waals surface area contributed by atoms with E-state index in [2.05, 4.69) is 19.1 Å². The van der Waals surface area contributed by atoms with Gasteiger partial charge in [0, 0.05) is 22.7 Å². The molecule has 3 nitrogen and oxygen atoms in total. The molecule has 78 valence electrons. The maximum Gasteiger partial charge on any atom is 0.565 e. The highest BCUT2D eigenvalue weighted by Gasteiger charge is 2.17. The fourth-order valence-corrected chi connectivity index (χ4v) is 1.84. The van der Waals surface area contributed by atoms with Crippen LogP contribution in [0.3, 0.4) is 0 Å². The van der Waals surface area contributed by atoms with E-state index in [9.17, 15) is 4.79 Å². The normalized spacial score (nSPS) is 10.8. The van der Waals surface area contributed by atoms with Gasteiger partial charge in [0.25, 0.3) is 0 Å². The first-order valence-electron chi connectivity index (χ1n) is 4.97. The van der Waals surface area contributed by atoms with Crippen molar-refractivity contribution in [2.24, 2.45) is 7.05 Å². The van der Waals surface area contributed by atoms with Crippen LogP contribution in [0.4, 0.5) is 0 Å². The summed E-state index contributed by atoms with van der Waals surface area (Å²) in [7, 11) is 1.82. The Hall–Kier alpha value is -1.77. The molecule has 0 amide bonds. The predicted octanol–water partition coefficient (Wildman–Crippen LogP) is 1.61. The van der Waals surface area contributed by atoms with Gasteiger partial charge in [-0.25, -0.2) is 0 Å². The van der Waals surface area contributed by atoms with E-state index in [-0.39, 0.29) is 0 Å². The quantitative estimate of drug-likeness (QED) is 0.685. The van der Waals surface area contributed by atoms with Crippen LogP contribution in [0.1, 0.15) is 23.0 Å². The number of hydrogen-bond donors (Lipinski definition) is 0. The molecule has 1 aromatic heterocycles. The van der Waals surface area contributed by atoms with Crippen LogP contribution in [0.25, 0.3) is 10.9 Å². The second-order valence-electron chi connectivity index (χ2n) is 3.66. The van der Waals surface area contributed by atoms with Gasteiger partial charge in [0.05, 0.1) is 0 Å². The van der Waals surface area contributed by atoms with Crippen LogP contribution in [-0.2, 0) is 13.5 Å². The van der Waals surface area contributed by atoms with Gasteiger partial charge < -0.3 is 9.67 Å². The van der Waals surface area contributed by atoms with E-state index in [0.29, 0.717) is 5.69 Å². The van der Waals surface area contributed by atoms with Crippen molar-refractivity contribution in [1.29, 1.82) is 0 Å². The molecular weight excluding hydrogens is 190 g/mol. The number of benzene rings is 1. The summed E-state index contributed by atoms with van der Waals surface area (Å²) in [5.74, 6) is -0.633. The monoisotopic (exact) mass is 204 g/mol. The van der Waals surface area contributed by atoms with Crippen molar-refractivity contribution in [3.05, 3.63) is 35.5 Å². The van der Waals surface area contributed by atoms with Crippen LogP contribution in [0.5, 0.6) is 0 Å². The molecular formula is C12H14NO2+. The van der Waals surface area contributed by atoms with Crippen molar-refractivity contribution in [1.82, 2.24) is 4.57 Å². The van der Waals surface area contributed by atoms with Gasteiger partial charge in [-0.3, -0.25) is 0 Å². The van der Waals surface area contributed by atoms with Crippen molar-refractivity contribution in [3.63, 3.8) is 0 Å². The van der Waals surface area contributed by atoms with Gasteiger partial charge in [-0.2, -0.15) is 0 Å². The molecule has 0 unspecified atom stereocenters. The largest absolute Gasteiger partial charge is 0.565 e. The van der Waals surface area contributed by atoms with Gasteiger partial charge in [-0.05, 0) is 30.2 Å². The standard InChI is InChI=1S/C12H13NO2/c1-3-8-4-5-10-9(6-8)7-11(12(14)15)13(10)2/h4-7H,3H2,1-2H3,(H,14,15)/p+1. The number of carbonyl (C=O) groups is 1. The summed E-state index contributed by atoms with van der Waals surface area (Å²) in [6.07, 6.45) is 0.981. The molecule has 3 heteroatoms. The van der Waals surface area contributed by atoms with E-state index < -0.39 is 5.97 Å². The van der Waals surface area contributed by atoms with E-state index in [1.54, 1.807) is 10.6 Å². The molecule has 0 aliphatic rings. The number of aromatic nitrogens is 1. The first kappa shape index (κ1) is 9.77. The Balaban J connectivity index is 2.70. The first-order chi connectivity index (χ1) is 7.13. The molecule has 2 rings (SSSR count). The van der Waals surface area contributed by atoms with Gasteiger partial charge in [-0.1, -0.05) is 13.0 Å². The molecule has 2 aromatic rings. The maximum atomic E-state index is 11.0. The molecule has 15 heavy (non-hydrogen) atoms. The third-order valence-corrected chi connectivity index (χ3v) is 2.75. The van der Waals surface area contributed by atoms with Crippen molar-refractivity contribution in [3.8, 4) is 0 Å². The topological polar surface area (TPSA) is 44.9 Å². The zero-order chi connectivity index (χ0) is 11.0. The van der Waals surface area contributed by atoms with Crippen LogP contribution >= 0.6 is 0 Å². The molecule has 0 radical (unpaired) electrons. The number of fused-ring (bicyclic) bond motifs is 1. The second-order valence-corrected chi connectivity index (χ2v) is 3.66. The summed E-state index contributed by atoms with van der Waals surface area (Å²) in [4.78, 5) is 11.0. The Labute approximate surface area is 87.9 Å². The molecule has 0 aliphatic heterocycles. The van der Waals surface area contributed by atoms with E-state index >= 15 is 0 Å². The Morgan fingerprint density at radius 2 is 2.13 bits per heavy atom. The minimum atomic E-state index is -0.633. The first-order valence-corrected chi connectivity index (χ1v) is 4.97. The molecule has 0 spiro atoms. The zero-order valence-electron chi connectivity index (χ0n) is 8.87. The summed E-state index contributed by atoms with van der Waals surface area (Å²) >= 11 is 0. The number of carbonyl (C=O) groups excluding carboxylic acids is 1. The Bertz CT molecular complexity index is 526. The third kappa shape index (κ3) is 1.50. The lowest BCUT2D eigenvalue weighted by atomic mass is 10.1. The van der Waals surface area contributed by atoms with Crippen LogP contribution in [0.2, 0.25) is 0 Å². The smallest absolute Gasteiger partial charge is 0.560 e. The average molecular weight is 204 g/mol. The predicted molar refractivity (Wildman–Crippen MR) is 60.2 cm³/mol. The molecule has 0 saturated heterocycles. The zero-order valence-corrected chi connectivity index (χ0v) is 8.87. The summed E-state index contributed by atoms with van der Waals surface area (Å²) in [5, 5.41) is 8.17. The molecule has 0 saturated carbocycles. The van der Waals surface area contributed by atoms with Gasteiger partial charge >= 0.3 is 5.97 Å². The van der Waals surface area contributed by atoms with Gasteiger partial charge in [0.2, 0.25) is 0 Å². The lowest BCUT2D eigenvalue weighted by Crippen LogP contribution is -2.03. The molecule has 2 N–H and O–H groups in total. The molecule has 0 bridgehead atoms. The fraction of sp³-hybridized carbons (Fsp3) is 0.250. The Kier molecular flexibility index (Phi) is 2.23. The molecule has 0 aliphatic carbocycles. The lowest BCUT2D eigenvalue weighted by Gasteiger charge is -1.99. The molecule has 1 heterocycles. The lowest BCUT2D eigenvalue weighted by molar-refractivity contribution is 0.0687. The van der Waals surface area contributed by atoms with Crippen molar-refractivity contribution < 1.29 is 9.90 Å². The van der Waals surface area contributed by atoms with Gasteiger partial charge in [0.1, 0.15) is 0 Å². The maximum absolute atomic E-state index is 11.0. The van der Waals surface area contributed by atoms with Gasteiger partial charge in [-0.15, -0.1) is 0 Å². The van der Waals surface area contributed by atoms with Crippen molar-refractivity contribution >= 4 is 16.9 Å². The van der Waals surface area contributed by atoms with Crippen molar-refractivity contribution in [2.45, 2.75) is 13.3 Å². The highest BCUT2D eigenvalue weighted by molar-refractivity contribution is 5.94. The van der Waals surface area contributed by atoms with Gasteiger partial charge in [0.15, 0.2) is 5.69 Å². The number of hydrogen-bond acceptors (Lipinski definition) is 1. The van der Waals surface area contributed by atoms with Crippen LogP contribution in [0.15, 0.2) is 24.3 Å². The van der Waals surface area contributed by atoms with Crippen molar-refractivity contribution in [2.75, 3.05) is 0 Å². The molecule has 0 atom stereocenters. The van der Waals surface area contributed by atoms with Crippen LogP contribution in [-0.4, -0.2) is 15.6 Å². The highest BCUT2D eigenvalue weighted by atomic mass is 16.4. The summed E-state index contributed by atoms with van der Waals surface area (Å²) in [6, 6.07) is 7.91. The highest BCUT2D eigenvalue weighted by Crippen LogP contribution is 2.20. The number of aryl methyl sites for hydroxylation is 2. The fourth-order valence-electron chi connectivity index (χ4n) is 1.84. The average Bonchev–Trinajstić information content (AvgIpc) is 2.55. The van der Waals surface area contributed by atoms with E-state index in [1.165, 1.54) is 5.56 Å². The summed E-state index contributed by atoms with van der Waals surface area (Å²) in [5.41, 5.74) is 2.69. The van der Waals surface area contributed by atoms with Crippen LogP contribution < -0.4 is 0 Å². The molecule has 1 aromatic carbocycles. The minimum absolute atomic E-state index is 0.443. The van der Waals surface area contributed by atoms with E-state index in [0.717, 1.165) is 17.3 Å². The molecule has 0 fully saturated rings. The van der Waals surface area contributed by atoms with E-state index in [1.807, 2.05) is 13.1 Å². The number of rotatable bonds is 2. The summed E-state index contributed by atoms with van der Waals surface area (Å²) in [6.45, 7) is 2.10.